The molecule has 0 fully saturated rings. The van der Waals surface area contributed by atoms with E-state index >= 15 is 0 Å². The maximum atomic E-state index is 12.4. The zero-order valence-corrected chi connectivity index (χ0v) is 12.5. The van der Waals surface area contributed by atoms with E-state index in [0.717, 1.165) is 5.56 Å². The first-order valence-corrected chi connectivity index (χ1v) is 7.71. The van der Waals surface area contributed by atoms with Gasteiger partial charge in [0.1, 0.15) is 0 Å². The summed E-state index contributed by atoms with van der Waals surface area (Å²) in [6.07, 6.45) is 0. The van der Waals surface area contributed by atoms with Gasteiger partial charge in [0.05, 0.1) is 27.9 Å². The van der Waals surface area contributed by atoms with Crippen molar-refractivity contribution in [1.29, 1.82) is 5.26 Å². The molecule has 0 unspecified atom stereocenters. The van der Waals surface area contributed by atoms with Gasteiger partial charge in [-0.2, -0.15) is 5.26 Å². The molecule has 0 aliphatic rings. The van der Waals surface area contributed by atoms with Crippen LogP contribution in [0.1, 0.15) is 16.7 Å². The molecule has 5 nitrogen and oxygen atoms in total. The van der Waals surface area contributed by atoms with Crippen LogP contribution in [0.3, 0.4) is 0 Å². The Kier molecular flexibility index (Phi) is 3.87. The molecule has 0 aromatic heterocycles. The molecule has 2 aromatic carbocycles. The van der Waals surface area contributed by atoms with Crippen molar-refractivity contribution in [3.8, 4) is 6.07 Å². The van der Waals surface area contributed by atoms with Crippen molar-refractivity contribution in [2.45, 2.75) is 18.7 Å². The maximum Gasteiger partial charge on any atom is 0.262 e. The van der Waals surface area contributed by atoms with E-state index in [4.69, 9.17) is 11.0 Å². The van der Waals surface area contributed by atoms with Crippen molar-refractivity contribution in [1.82, 2.24) is 0 Å². The highest BCUT2D eigenvalue weighted by Gasteiger charge is 2.18. The fourth-order valence-corrected chi connectivity index (χ4v) is 3.34. The normalized spacial score (nSPS) is 10.9. The van der Waals surface area contributed by atoms with Crippen molar-refractivity contribution in [2.75, 3.05) is 10.5 Å². The lowest BCUT2D eigenvalue weighted by molar-refractivity contribution is 0.600. The number of hydrogen-bond acceptors (Lipinski definition) is 4. The van der Waals surface area contributed by atoms with Crippen LogP contribution in [0.25, 0.3) is 0 Å². The molecule has 2 aromatic rings. The fourth-order valence-electron chi connectivity index (χ4n) is 1.92. The number of hydrogen-bond donors (Lipinski definition) is 2. The van der Waals surface area contributed by atoms with Crippen molar-refractivity contribution in [2.24, 2.45) is 0 Å². The lowest BCUT2D eigenvalue weighted by Crippen LogP contribution is -2.15. The molecule has 0 amide bonds. The van der Waals surface area contributed by atoms with Crippen molar-refractivity contribution >= 4 is 21.4 Å². The second-order valence-electron chi connectivity index (χ2n) is 4.79. The number of nitriles is 1. The van der Waals surface area contributed by atoms with Crippen molar-refractivity contribution < 1.29 is 8.42 Å². The van der Waals surface area contributed by atoms with Crippen LogP contribution in [-0.2, 0) is 10.0 Å². The molecule has 6 heteroatoms. The Labute approximate surface area is 124 Å². The summed E-state index contributed by atoms with van der Waals surface area (Å²) in [6.45, 7) is 3.56. The van der Waals surface area contributed by atoms with Crippen LogP contribution in [0, 0.1) is 25.2 Å². The lowest BCUT2D eigenvalue weighted by atomic mass is 10.2. The van der Waals surface area contributed by atoms with E-state index in [-0.39, 0.29) is 16.3 Å². The van der Waals surface area contributed by atoms with Gasteiger partial charge in [0.2, 0.25) is 0 Å². The SMILES string of the molecule is Cc1ccc(C)c(S(=O)(=O)Nc2ccc(C#N)cc2N)c1. The molecule has 0 aliphatic heterocycles. The first kappa shape index (κ1) is 14.9. The molecule has 0 atom stereocenters. The zero-order valence-electron chi connectivity index (χ0n) is 11.7. The number of anilines is 2. The molecule has 0 saturated heterocycles. The smallest absolute Gasteiger partial charge is 0.262 e. The van der Waals surface area contributed by atoms with Gasteiger partial charge in [0.15, 0.2) is 0 Å². The molecule has 0 saturated carbocycles. The highest BCUT2D eigenvalue weighted by Crippen LogP contribution is 2.25. The minimum absolute atomic E-state index is 0.211. The van der Waals surface area contributed by atoms with Crippen LogP contribution in [0.4, 0.5) is 11.4 Å². The Morgan fingerprint density at radius 1 is 1.14 bits per heavy atom. The topological polar surface area (TPSA) is 96.0 Å². The predicted molar refractivity (Wildman–Crippen MR) is 82.3 cm³/mol. The summed E-state index contributed by atoms with van der Waals surface area (Å²) in [5.41, 5.74) is 8.13. The van der Waals surface area contributed by atoms with Gasteiger partial charge in [0.25, 0.3) is 10.0 Å². The summed E-state index contributed by atoms with van der Waals surface area (Å²) in [5.74, 6) is 0. The van der Waals surface area contributed by atoms with Gasteiger partial charge in [-0.25, -0.2) is 8.42 Å². The number of aryl methyl sites for hydroxylation is 2. The third kappa shape index (κ3) is 3.15. The third-order valence-corrected chi connectivity index (χ3v) is 4.57. The minimum atomic E-state index is -3.72. The number of nitrogens with zero attached hydrogens (tertiary/aromatic N) is 1. The van der Waals surface area contributed by atoms with Crippen LogP contribution in [-0.4, -0.2) is 8.42 Å². The Morgan fingerprint density at radius 2 is 1.86 bits per heavy atom. The average molecular weight is 301 g/mol. The average Bonchev–Trinajstić information content (AvgIpc) is 2.43. The van der Waals surface area contributed by atoms with E-state index in [1.54, 1.807) is 19.1 Å². The van der Waals surface area contributed by atoms with Gasteiger partial charge >= 0.3 is 0 Å². The molecule has 0 spiro atoms. The number of sulfonamides is 1. The van der Waals surface area contributed by atoms with Crippen LogP contribution in [0.5, 0.6) is 0 Å². The third-order valence-electron chi connectivity index (χ3n) is 3.06. The summed E-state index contributed by atoms with van der Waals surface area (Å²) in [5, 5.41) is 8.79. The molecule has 108 valence electrons. The molecule has 0 radical (unpaired) electrons. The molecular weight excluding hydrogens is 286 g/mol. The van der Waals surface area contributed by atoms with Crippen LogP contribution < -0.4 is 10.5 Å². The predicted octanol–water partition coefficient (Wildman–Crippen LogP) is 2.56. The monoisotopic (exact) mass is 301 g/mol. The van der Waals surface area contributed by atoms with E-state index in [1.807, 2.05) is 19.1 Å². The second kappa shape index (κ2) is 5.46. The highest BCUT2D eigenvalue weighted by molar-refractivity contribution is 7.92. The van der Waals surface area contributed by atoms with Gasteiger partial charge in [0, 0.05) is 0 Å². The second-order valence-corrected chi connectivity index (χ2v) is 6.44. The van der Waals surface area contributed by atoms with Gasteiger partial charge in [-0.3, -0.25) is 4.72 Å². The summed E-state index contributed by atoms with van der Waals surface area (Å²) >= 11 is 0. The quantitative estimate of drug-likeness (QED) is 0.851. The number of rotatable bonds is 3. The van der Waals surface area contributed by atoms with Crippen LogP contribution >= 0.6 is 0 Å². The Hall–Kier alpha value is -2.52. The van der Waals surface area contributed by atoms with E-state index in [9.17, 15) is 8.42 Å². The highest BCUT2D eigenvalue weighted by atomic mass is 32.2. The Balaban J connectivity index is 2.43. The van der Waals surface area contributed by atoms with Gasteiger partial charge < -0.3 is 5.73 Å². The minimum Gasteiger partial charge on any atom is -0.397 e. The van der Waals surface area contributed by atoms with Crippen LogP contribution in [0.2, 0.25) is 0 Å². The standard InChI is InChI=1S/C15H15N3O2S/c1-10-3-4-11(2)15(7-10)21(19,20)18-14-6-5-12(9-16)8-13(14)17/h3-8,18H,17H2,1-2H3. The van der Waals surface area contributed by atoms with E-state index < -0.39 is 10.0 Å². The summed E-state index contributed by atoms with van der Waals surface area (Å²) < 4.78 is 27.4. The molecule has 0 bridgehead atoms. The number of nitrogens with one attached hydrogen (secondary N) is 1. The van der Waals surface area contributed by atoms with E-state index in [1.165, 1.54) is 18.2 Å². The Morgan fingerprint density at radius 3 is 2.48 bits per heavy atom. The van der Waals surface area contributed by atoms with E-state index in [2.05, 4.69) is 4.72 Å². The van der Waals surface area contributed by atoms with Crippen LogP contribution in [0.15, 0.2) is 41.3 Å². The fraction of sp³-hybridized carbons (Fsp3) is 0.133. The zero-order chi connectivity index (χ0) is 15.6. The number of nitrogens with two attached hydrogens (primary N) is 1. The first-order chi connectivity index (χ1) is 9.83. The first-order valence-electron chi connectivity index (χ1n) is 6.23. The molecule has 2 rings (SSSR count). The summed E-state index contributed by atoms with van der Waals surface area (Å²) in [6, 6.07) is 11.6. The molecule has 0 heterocycles. The Bertz CT molecular complexity index is 836. The largest absolute Gasteiger partial charge is 0.397 e. The number of benzene rings is 2. The van der Waals surface area contributed by atoms with Gasteiger partial charge in [-0.15, -0.1) is 0 Å². The van der Waals surface area contributed by atoms with E-state index in [0.29, 0.717) is 11.1 Å². The summed E-state index contributed by atoms with van der Waals surface area (Å²) in [4.78, 5) is 0.214. The van der Waals surface area contributed by atoms with Crippen molar-refractivity contribution in [3.05, 3.63) is 53.1 Å². The molecule has 3 N–H and O–H groups in total. The molecule has 0 aliphatic carbocycles. The molecule has 21 heavy (non-hydrogen) atoms. The van der Waals surface area contributed by atoms with Crippen molar-refractivity contribution in [3.63, 3.8) is 0 Å². The maximum absolute atomic E-state index is 12.4. The molecular formula is C15H15N3O2S. The van der Waals surface area contributed by atoms with Gasteiger partial charge in [-0.1, -0.05) is 12.1 Å². The van der Waals surface area contributed by atoms with Gasteiger partial charge in [-0.05, 0) is 49.2 Å². The lowest BCUT2D eigenvalue weighted by Gasteiger charge is -2.12. The summed E-state index contributed by atoms with van der Waals surface area (Å²) in [7, 11) is -3.72. The number of nitrogen functional groups attached to an aromatic ring is 1.